The maximum Gasteiger partial charge on any atom is 0.143 e. The van der Waals surface area contributed by atoms with Crippen LogP contribution < -0.4 is 0 Å². The van der Waals surface area contributed by atoms with Crippen molar-refractivity contribution in [3.05, 3.63) is 115 Å². The summed E-state index contributed by atoms with van der Waals surface area (Å²) in [7, 11) is 0. The fourth-order valence-electron chi connectivity index (χ4n) is 6.16. The zero-order chi connectivity index (χ0) is 24.8. The maximum atomic E-state index is 6.77. The van der Waals surface area contributed by atoms with Crippen LogP contribution in [0.15, 0.2) is 120 Å². The molecule has 38 heavy (non-hydrogen) atoms. The van der Waals surface area contributed by atoms with E-state index in [0.717, 1.165) is 43.8 Å². The summed E-state index contributed by atoms with van der Waals surface area (Å²) in [5.74, 6) is 0. The Balaban J connectivity index is 1.29. The Bertz CT molecular complexity index is 2220. The molecule has 8 aromatic rings. The highest BCUT2D eigenvalue weighted by atomic mass is 32.1. The minimum absolute atomic E-state index is 0.932. The Morgan fingerprint density at radius 2 is 1.21 bits per heavy atom. The second-order valence-electron chi connectivity index (χ2n) is 9.93. The molecule has 0 bridgehead atoms. The smallest absolute Gasteiger partial charge is 0.143 e. The van der Waals surface area contributed by atoms with E-state index < -0.39 is 0 Å². The van der Waals surface area contributed by atoms with Crippen molar-refractivity contribution in [2.75, 3.05) is 0 Å². The van der Waals surface area contributed by atoms with Gasteiger partial charge in [0, 0.05) is 32.7 Å². The molecule has 6 aromatic carbocycles. The molecule has 2 heterocycles. The van der Waals surface area contributed by atoms with Gasteiger partial charge in [0.15, 0.2) is 0 Å². The van der Waals surface area contributed by atoms with Gasteiger partial charge < -0.3 is 4.42 Å². The van der Waals surface area contributed by atoms with Gasteiger partial charge in [0.05, 0.1) is 10.2 Å². The normalized spacial score (nSPS) is 12.2. The molecule has 0 amide bonds. The molecule has 2 nitrogen and oxygen atoms in total. The summed E-state index contributed by atoms with van der Waals surface area (Å²) in [4.78, 5) is 4.89. The van der Waals surface area contributed by atoms with Gasteiger partial charge in [-0.1, -0.05) is 91.0 Å². The van der Waals surface area contributed by atoms with Crippen LogP contribution in [0.2, 0.25) is 0 Å². The van der Waals surface area contributed by atoms with Crippen LogP contribution in [0, 0.1) is 0 Å². The standard InChI is InChI=1S/C35H19NOS/c1-2-11-24-23(10-1)25-13-7-15-27-32(25)28(24)19-29-26-14-6-12-22(33(26)37-34(27)29)20-8-5-9-21(18-20)35-36-30-16-3-4-17-31(30)38-35/h1-19H. The Morgan fingerprint density at radius 3 is 2.11 bits per heavy atom. The predicted octanol–water partition coefficient (Wildman–Crippen LogP) is 10.3. The quantitative estimate of drug-likeness (QED) is 0.235. The van der Waals surface area contributed by atoms with Gasteiger partial charge in [-0.05, 0) is 52.1 Å². The number of benzene rings is 6. The van der Waals surface area contributed by atoms with E-state index >= 15 is 0 Å². The van der Waals surface area contributed by atoms with Crippen LogP contribution in [0.3, 0.4) is 0 Å². The Morgan fingerprint density at radius 1 is 0.500 bits per heavy atom. The molecule has 0 aliphatic heterocycles. The molecule has 0 spiro atoms. The van der Waals surface area contributed by atoms with Gasteiger partial charge in [0.1, 0.15) is 16.2 Å². The van der Waals surface area contributed by atoms with E-state index in [1.807, 2.05) is 6.07 Å². The van der Waals surface area contributed by atoms with Gasteiger partial charge in [-0.3, -0.25) is 0 Å². The fourth-order valence-corrected chi connectivity index (χ4v) is 7.12. The molecule has 3 heteroatoms. The van der Waals surface area contributed by atoms with E-state index in [4.69, 9.17) is 9.40 Å². The average Bonchev–Trinajstić information content (AvgIpc) is 3.67. The highest BCUT2D eigenvalue weighted by molar-refractivity contribution is 7.21. The second-order valence-corrected chi connectivity index (χ2v) is 11.0. The van der Waals surface area contributed by atoms with Crippen LogP contribution in [-0.4, -0.2) is 4.98 Å². The van der Waals surface area contributed by atoms with Crippen LogP contribution >= 0.6 is 11.3 Å². The monoisotopic (exact) mass is 501 g/mol. The molecule has 9 rings (SSSR count). The van der Waals surface area contributed by atoms with Crippen molar-refractivity contribution in [2.24, 2.45) is 0 Å². The van der Waals surface area contributed by atoms with Crippen LogP contribution in [0.25, 0.3) is 86.9 Å². The molecule has 2 aromatic heterocycles. The minimum Gasteiger partial charge on any atom is -0.455 e. The lowest BCUT2D eigenvalue weighted by Crippen LogP contribution is -1.82. The van der Waals surface area contributed by atoms with Crippen molar-refractivity contribution in [3.63, 3.8) is 0 Å². The summed E-state index contributed by atoms with van der Waals surface area (Å²) in [6.45, 7) is 0. The van der Waals surface area contributed by atoms with Crippen molar-refractivity contribution < 1.29 is 4.42 Å². The molecule has 0 N–H and O–H groups in total. The summed E-state index contributed by atoms with van der Waals surface area (Å²) in [5.41, 5.74) is 11.5. The highest BCUT2D eigenvalue weighted by Crippen LogP contribution is 2.51. The SMILES string of the molecule is c1cc(-c2nc3ccccc3s2)cc(-c2cccc3c2oc2c4cccc5c4c(cc32)-c2ccccc2-5)c1. The summed E-state index contributed by atoms with van der Waals surface area (Å²) < 4.78 is 7.97. The Labute approximate surface area is 222 Å². The van der Waals surface area contributed by atoms with Crippen molar-refractivity contribution in [1.29, 1.82) is 0 Å². The molecule has 1 aliphatic carbocycles. The van der Waals surface area contributed by atoms with Gasteiger partial charge in [-0.15, -0.1) is 11.3 Å². The molecule has 0 unspecified atom stereocenters. The Hall–Kier alpha value is -4.73. The number of fused-ring (bicyclic) bond motifs is 8. The van der Waals surface area contributed by atoms with Crippen LogP contribution in [0.5, 0.6) is 0 Å². The Kier molecular flexibility index (Phi) is 3.96. The summed E-state index contributed by atoms with van der Waals surface area (Å²) in [6, 6.07) is 41.1. The number of rotatable bonds is 2. The molecule has 176 valence electrons. The zero-order valence-corrected chi connectivity index (χ0v) is 21.0. The van der Waals surface area contributed by atoms with Crippen LogP contribution in [-0.2, 0) is 0 Å². The summed E-state index contributed by atoms with van der Waals surface area (Å²) >= 11 is 1.73. The highest BCUT2D eigenvalue weighted by Gasteiger charge is 2.25. The number of thiazole rings is 1. The molecule has 0 fully saturated rings. The number of para-hydroxylation sites is 2. The van der Waals surface area contributed by atoms with Gasteiger partial charge >= 0.3 is 0 Å². The summed E-state index contributed by atoms with van der Waals surface area (Å²) in [6.07, 6.45) is 0. The molecular formula is C35H19NOS. The van der Waals surface area contributed by atoms with E-state index in [-0.39, 0.29) is 0 Å². The lowest BCUT2D eigenvalue weighted by Gasteiger charge is -2.05. The van der Waals surface area contributed by atoms with Gasteiger partial charge in [-0.25, -0.2) is 4.98 Å². The zero-order valence-electron chi connectivity index (χ0n) is 20.2. The number of nitrogens with zero attached hydrogens (tertiary/aromatic N) is 1. The van der Waals surface area contributed by atoms with Crippen molar-refractivity contribution >= 4 is 54.3 Å². The van der Waals surface area contributed by atoms with Gasteiger partial charge in [-0.2, -0.15) is 0 Å². The second kappa shape index (κ2) is 7.41. The third-order valence-electron chi connectivity index (χ3n) is 7.84. The van der Waals surface area contributed by atoms with E-state index in [1.54, 1.807) is 11.3 Å². The van der Waals surface area contributed by atoms with Gasteiger partial charge in [0.2, 0.25) is 0 Å². The maximum absolute atomic E-state index is 6.77. The number of aromatic nitrogens is 1. The first-order valence-electron chi connectivity index (χ1n) is 12.8. The van der Waals surface area contributed by atoms with Crippen LogP contribution in [0.1, 0.15) is 0 Å². The van der Waals surface area contributed by atoms with Crippen LogP contribution in [0.4, 0.5) is 0 Å². The number of furan rings is 1. The summed E-state index contributed by atoms with van der Waals surface area (Å²) in [5, 5.41) is 5.82. The molecule has 0 atom stereocenters. The van der Waals surface area contributed by atoms with E-state index in [0.29, 0.717) is 0 Å². The van der Waals surface area contributed by atoms with Crippen molar-refractivity contribution in [1.82, 2.24) is 4.98 Å². The van der Waals surface area contributed by atoms with E-state index in [9.17, 15) is 0 Å². The predicted molar refractivity (Wildman–Crippen MR) is 160 cm³/mol. The molecule has 0 radical (unpaired) electrons. The molecular weight excluding hydrogens is 482 g/mol. The lowest BCUT2D eigenvalue weighted by molar-refractivity contribution is 0.674. The average molecular weight is 502 g/mol. The van der Waals surface area contributed by atoms with E-state index in [1.165, 1.54) is 43.1 Å². The lowest BCUT2D eigenvalue weighted by atomic mass is 9.97. The topological polar surface area (TPSA) is 26.0 Å². The first-order chi connectivity index (χ1) is 18.8. The first kappa shape index (κ1) is 20.3. The molecule has 0 saturated carbocycles. The van der Waals surface area contributed by atoms with Crippen molar-refractivity contribution in [3.8, 4) is 44.0 Å². The number of hydrogen-bond acceptors (Lipinski definition) is 3. The van der Waals surface area contributed by atoms with Gasteiger partial charge in [0.25, 0.3) is 0 Å². The molecule has 0 saturated heterocycles. The minimum atomic E-state index is 0.932. The first-order valence-corrected chi connectivity index (χ1v) is 13.6. The molecule has 1 aliphatic rings. The third kappa shape index (κ3) is 2.69. The van der Waals surface area contributed by atoms with E-state index in [2.05, 4.69) is 109 Å². The largest absolute Gasteiger partial charge is 0.455 e. The fraction of sp³-hybridized carbons (Fsp3) is 0. The van der Waals surface area contributed by atoms with Crippen molar-refractivity contribution in [2.45, 2.75) is 0 Å². The number of hydrogen-bond donors (Lipinski definition) is 0. The third-order valence-corrected chi connectivity index (χ3v) is 8.93.